The van der Waals surface area contributed by atoms with Gasteiger partial charge in [0.2, 0.25) is 5.95 Å². The maximum absolute atomic E-state index is 12.6. The summed E-state index contributed by atoms with van der Waals surface area (Å²) in [5.41, 5.74) is -0.693. The van der Waals surface area contributed by atoms with E-state index in [1.54, 1.807) is 25.4 Å². The van der Waals surface area contributed by atoms with Crippen molar-refractivity contribution in [1.82, 2.24) is 24.1 Å². The first-order valence-electron chi connectivity index (χ1n) is 9.35. The van der Waals surface area contributed by atoms with Gasteiger partial charge in [0.25, 0.3) is 17.5 Å². The van der Waals surface area contributed by atoms with Crippen molar-refractivity contribution in [1.29, 1.82) is 0 Å². The summed E-state index contributed by atoms with van der Waals surface area (Å²) < 4.78 is 28.2. The number of fused-ring (bicyclic) bond motifs is 1. The summed E-state index contributed by atoms with van der Waals surface area (Å²) >= 11 is 0. The topological polar surface area (TPSA) is 85.9 Å². The van der Waals surface area contributed by atoms with E-state index in [-0.39, 0.29) is 11.5 Å². The molecule has 0 saturated carbocycles. The van der Waals surface area contributed by atoms with Crippen molar-refractivity contribution < 1.29 is 8.78 Å². The molecule has 4 rings (SSSR count). The Hall–Kier alpha value is -3.17. The van der Waals surface area contributed by atoms with Crippen LogP contribution in [0, 0.1) is 5.92 Å². The van der Waals surface area contributed by atoms with Crippen LogP contribution >= 0.6 is 0 Å². The molecule has 29 heavy (non-hydrogen) atoms. The lowest BCUT2D eigenvalue weighted by Crippen LogP contribution is -2.39. The molecule has 0 atom stereocenters. The van der Waals surface area contributed by atoms with Gasteiger partial charge < -0.3 is 4.90 Å². The van der Waals surface area contributed by atoms with Crippen LogP contribution in [-0.4, -0.2) is 37.2 Å². The first-order valence-corrected chi connectivity index (χ1v) is 9.35. The van der Waals surface area contributed by atoms with Crippen molar-refractivity contribution in [2.75, 3.05) is 18.0 Å². The Balaban J connectivity index is 1.48. The second kappa shape index (κ2) is 7.69. The lowest BCUT2D eigenvalue weighted by atomic mass is 9.97. The fraction of sp³-hybridized carbons (Fsp3) is 0.421. The maximum Gasteiger partial charge on any atom is 0.280 e. The quantitative estimate of drug-likeness (QED) is 0.661. The normalized spacial score (nSPS) is 15.4. The van der Waals surface area contributed by atoms with E-state index >= 15 is 0 Å². The Morgan fingerprint density at radius 1 is 1.21 bits per heavy atom. The number of pyridine rings is 1. The number of aromatic nitrogens is 5. The number of alkyl halides is 2. The lowest BCUT2D eigenvalue weighted by molar-refractivity contribution is 0.145. The highest BCUT2D eigenvalue weighted by atomic mass is 19.3. The zero-order chi connectivity index (χ0) is 20.5. The Bertz CT molecular complexity index is 1150. The molecule has 0 aliphatic carbocycles. The van der Waals surface area contributed by atoms with E-state index < -0.39 is 17.7 Å². The van der Waals surface area contributed by atoms with E-state index in [9.17, 15) is 18.4 Å². The SMILES string of the molecule is Cn1c(N2CCC(Cn3cnc(C(F)F)cc3=O)CC2)nc2ncccc2c1=O. The molecule has 1 aliphatic heterocycles. The fourth-order valence-electron chi connectivity index (χ4n) is 3.67. The number of rotatable bonds is 4. The van der Waals surface area contributed by atoms with Crippen LogP contribution in [0.3, 0.4) is 0 Å². The van der Waals surface area contributed by atoms with E-state index in [0.29, 0.717) is 36.6 Å². The number of hydrogen-bond donors (Lipinski definition) is 0. The van der Waals surface area contributed by atoms with E-state index in [1.165, 1.54) is 15.5 Å². The van der Waals surface area contributed by atoms with Crippen molar-refractivity contribution in [2.24, 2.45) is 13.0 Å². The van der Waals surface area contributed by atoms with Crippen LogP contribution in [0.25, 0.3) is 11.0 Å². The molecule has 10 heteroatoms. The van der Waals surface area contributed by atoms with Gasteiger partial charge in [0.15, 0.2) is 5.65 Å². The van der Waals surface area contributed by atoms with E-state index in [0.717, 1.165) is 18.9 Å². The third-order valence-electron chi connectivity index (χ3n) is 5.30. The molecular weight excluding hydrogens is 382 g/mol. The monoisotopic (exact) mass is 402 g/mol. The highest BCUT2D eigenvalue weighted by molar-refractivity contribution is 5.74. The standard InChI is InChI=1S/C19H20F2N6O2/c1-25-18(29)13-3-2-6-22-17(13)24-19(25)26-7-4-12(5-8-26)10-27-11-23-14(16(20)21)9-15(27)28/h2-3,6,9,11-12,16H,4-5,7-8,10H2,1H3. The molecule has 0 amide bonds. The molecule has 1 aliphatic rings. The van der Waals surface area contributed by atoms with Gasteiger partial charge in [0.1, 0.15) is 5.69 Å². The third-order valence-corrected chi connectivity index (χ3v) is 5.30. The van der Waals surface area contributed by atoms with Crippen LogP contribution in [0.2, 0.25) is 0 Å². The van der Waals surface area contributed by atoms with Gasteiger partial charge in [-0.2, -0.15) is 4.98 Å². The van der Waals surface area contributed by atoms with Gasteiger partial charge in [-0.3, -0.25) is 18.7 Å². The summed E-state index contributed by atoms with van der Waals surface area (Å²) in [5.74, 6) is 0.776. The highest BCUT2D eigenvalue weighted by Crippen LogP contribution is 2.23. The molecule has 1 fully saturated rings. The largest absolute Gasteiger partial charge is 0.342 e. The molecule has 0 aromatic carbocycles. The number of anilines is 1. The van der Waals surface area contributed by atoms with Crippen LogP contribution in [0.15, 0.2) is 40.3 Å². The van der Waals surface area contributed by atoms with Crippen molar-refractivity contribution in [2.45, 2.75) is 25.8 Å². The van der Waals surface area contributed by atoms with Crippen LogP contribution in [0.4, 0.5) is 14.7 Å². The van der Waals surface area contributed by atoms with Crippen LogP contribution in [0.5, 0.6) is 0 Å². The summed E-state index contributed by atoms with van der Waals surface area (Å²) in [5, 5.41) is 0.479. The van der Waals surface area contributed by atoms with Gasteiger partial charge in [-0.25, -0.2) is 18.7 Å². The van der Waals surface area contributed by atoms with Crippen LogP contribution < -0.4 is 16.0 Å². The Labute approximate surface area is 164 Å². The summed E-state index contributed by atoms with van der Waals surface area (Å²) in [6.45, 7) is 1.76. The van der Waals surface area contributed by atoms with E-state index in [4.69, 9.17) is 0 Å². The van der Waals surface area contributed by atoms with Gasteiger partial charge in [-0.05, 0) is 30.9 Å². The molecule has 4 heterocycles. The molecule has 0 spiro atoms. The number of halogens is 2. The molecule has 1 saturated heterocycles. The summed E-state index contributed by atoms with van der Waals surface area (Å²) in [6.07, 6.45) is 1.60. The van der Waals surface area contributed by atoms with Crippen molar-refractivity contribution in [3.63, 3.8) is 0 Å². The zero-order valence-electron chi connectivity index (χ0n) is 15.8. The summed E-state index contributed by atoms with van der Waals surface area (Å²) in [4.78, 5) is 39.0. The molecule has 0 unspecified atom stereocenters. The summed E-state index contributed by atoms with van der Waals surface area (Å²) in [6, 6.07) is 4.31. The molecule has 152 valence electrons. The Kier molecular flexibility index (Phi) is 5.08. The first kappa shape index (κ1) is 19.2. The average molecular weight is 402 g/mol. The zero-order valence-corrected chi connectivity index (χ0v) is 15.8. The first-order chi connectivity index (χ1) is 13.9. The minimum absolute atomic E-state index is 0.142. The van der Waals surface area contributed by atoms with E-state index in [1.807, 2.05) is 4.90 Å². The van der Waals surface area contributed by atoms with Crippen molar-refractivity contribution in [3.05, 3.63) is 57.1 Å². The molecule has 0 bridgehead atoms. The van der Waals surface area contributed by atoms with Crippen LogP contribution in [0.1, 0.15) is 25.0 Å². The van der Waals surface area contributed by atoms with Gasteiger partial charge in [0, 0.05) is 38.9 Å². The predicted molar refractivity (Wildman–Crippen MR) is 103 cm³/mol. The predicted octanol–water partition coefficient (Wildman–Crippen LogP) is 1.74. The second-order valence-corrected chi connectivity index (χ2v) is 7.19. The third kappa shape index (κ3) is 3.74. The van der Waals surface area contributed by atoms with Gasteiger partial charge in [-0.1, -0.05) is 0 Å². The minimum atomic E-state index is -2.75. The second-order valence-electron chi connectivity index (χ2n) is 7.19. The molecule has 8 nitrogen and oxygen atoms in total. The van der Waals surface area contributed by atoms with Gasteiger partial charge in [-0.15, -0.1) is 0 Å². The average Bonchev–Trinajstić information content (AvgIpc) is 2.72. The number of nitrogens with zero attached hydrogens (tertiary/aromatic N) is 6. The van der Waals surface area contributed by atoms with E-state index in [2.05, 4.69) is 15.0 Å². The van der Waals surface area contributed by atoms with Crippen LogP contribution in [-0.2, 0) is 13.6 Å². The Morgan fingerprint density at radius 2 is 1.97 bits per heavy atom. The van der Waals surface area contributed by atoms with Crippen molar-refractivity contribution in [3.8, 4) is 0 Å². The maximum atomic E-state index is 12.6. The smallest absolute Gasteiger partial charge is 0.280 e. The number of piperidine rings is 1. The molecule has 0 radical (unpaired) electrons. The lowest BCUT2D eigenvalue weighted by Gasteiger charge is -2.33. The number of hydrogen-bond acceptors (Lipinski definition) is 6. The van der Waals surface area contributed by atoms with Crippen molar-refractivity contribution >= 4 is 17.0 Å². The minimum Gasteiger partial charge on any atom is -0.342 e. The molecule has 0 N–H and O–H groups in total. The van der Waals surface area contributed by atoms with Gasteiger partial charge >= 0.3 is 0 Å². The fourth-order valence-corrected chi connectivity index (χ4v) is 3.67. The van der Waals surface area contributed by atoms with Gasteiger partial charge in [0.05, 0.1) is 11.7 Å². The molecular formula is C19H20F2N6O2. The Morgan fingerprint density at radius 3 is 2.66 bits per heavy atom. The highest BCUT2D eigenvalue weighted by Gasteiger charge is 2.23. The molecule has 3 aromatic rings. The molecule has 3 aromatic heterocycles. The summed E-state index contributed by atoms with van der Waals surface area (Å²) in [7, 11) is 1.69.